The highest BCUT2D eigenvalue weighted by Gasteiger charge is 2.15. The molecule has 0 aliphatic heterocycles. The van der Waals surface area contributed by atoms with Gasteiger partial charge in [0.25, 0.3) is 0 Å². The quantitative estimate of drug-likeness (QED) is 0.392. The van der Waals surface area contributed by atoms with Gasteiger partial charge in [0.2, 0.25) is 0 Å². The second-order valence-electron chi connectivity index (χ2n) is 3.91. The van der Waals surface area contributed by atoms with Gasteiger partial charge >= 0.3 is 5.97 Å². The number of ether oxygens (including phenoxy) is 2. The molecule has 0 saturated heterocycles. The maximum Gasteiger partial charge on any atom is 0.308 e. The molecule has 0 heterocycles. The first-order valence-corrected chi connectivity index (χ1v) is 5.53. The third-order valence-electron chi connectivity index (χ3n) is 2.27. The summed E-state index contributed by atoms with van der Waals surface area (Å²) in [5.74, 6) is -0.891. The number of carbonyl (C=O) groups excluding carboxylic acids is 2. The van der Waals surface area contributed by atoms with Crippen LogP contribution in [0.4, 0.5) is 0 Å². The minimum absolute atomic E-state index is 0.209. The van der Waals surface area contributed by atoms with E-state index in [-0.39, 0.29) is 30.9 Å². The van der Waals surface area contributed by atoms with E-state index in [2.05, 4.69) is 6.58 Å². The summed E-state index contributed by atoms with van der Waals surface area (Å²) in [5, 5.41) is 9.30. The van der Waals surface area contributed by atoms with Crippen LogP contribution in [-0.4, -0.2) is 36.4 Å². The molecule has 0 aliphatic carbocycles. The summed E-state index contributed by atoms with van der Waals surface area (Å²) >= 11 is 0. The molecule has 5 heteroatoms. The zero-order valence-corrected chi connectivity index (χ0v) is 10.6. The molecule has 0 amide bonds. The summed E-state index contributed by atoms with van der Waals surface area (Å²) < 4.78 is 9.60. The molecule has 2 atom stereocenters. The Morgan fingerprint density at radius 2 is 2.00 bits per heavy atom. The van der Waals surface area contributed by atoms with E-state index >= 15 is 0 Å². The van der Waals surface area contributed by atoms with E-state index in [0.717, 1.165) is 0 Å². The molecule has 0 aliphatic rings. The topological polar surface area (TPSA) is 72.8 Å². The second kappa shape index (κ2) is 7.97. The van der Waals surface area contributed by atoms with Gasteiger partial charge in [-0.2, -0.15) is 0 Å². The van der Waals surface area contributed by atoms with Crippen molar-refractivity contribution in [2.24, 2.45) is 5.92 Å². The van der Waals surface area contributed by atoms with Gasteiger partial charge in [0.15, 0.2) is 12.1 Å². The van der Waals surface area contributed by atoms with Gasteiger partial charge < -0.3 is 14.6 Å². The third kappa shape index (κ3) is 6.86. The molecule has 98 valence electrons. The van der Waals surface area contributed by atoms with E-state index in [0.29, 0.717) is 12.0 Å². The van der Waals surface area contributed by atoms with E-state index in [1.54, 1.807) is 13.8 Å². The summed E-state index contributed by atoms with van der Waals surface area (Å²) in [7, 11) is 0. The van der Waals surface area contributed by atoms with E-state index in [9.17, 15) is 14.7 Å². The van der Waals surface area contributed by atoms with Crippen LogP contribution in [0.1, 0.15) is 27.2 Å². The number of rotatable bonds is 8. The maximum atomic E-state index is 11.3. The molecule has 0 aromatic heterocycles. The number of Topliss-reactive ketones (excluding diaryl/α,β-unsaturated/α-hetero) is 1. The molecule has 0 saturated carbocycles. The summed E-state index contributed by atoms with van der Waals surface area (Å²) in [6.07, 6.45) is -0.615. The van der Waals surface area contributed by atoms with Crippen LogP contribution < -0.4 is 0 Å². The van der Waals surface area contributed by atoms with Crippen LogP contribution in [0.2, 0.25) is 0 Å². The predicted molar refractivity (Wildman–Crippen MR) is 62.2 cm³/mol. The number of hydrogen-bond acceptors (Lipinski definition) is 5. The Morgan fingerprint density at radius 3 is 2.47 bits per heavy atom. The van der Waals surface area contributed by atoms with Gasteiger partial charge in [0.05, 0.1) is 5.92 Å². The fraction of sp³-hybridized carbons (Fsp3) is 0.667. The summed E-state index contributed by atoms with van der Waals surface area (Å²) in [4.78, 5) is 22.4. The highest BCUT2D eigenvalue weighted by Crippen LogP contribution is 2.04. The molecule has 5 nitrogen and oxygen atoms in total. The third-order valence-corrected chi connectivity index (χ3v) is 2.27. The maximum absolute atomic E-state index is 11.3. The first kappa shape index (κ1) is 15.8. The molecule has 0 spiro atoms. The standard InChI is InChI=1S/C12H20O5/c1-5-9(4)12(15)17-7-11(14)16-6-10(13)8(2)3/h9,11,14H,2,5-7H2,1,3-4H3. The Kier molecular flexibility index (Phi) is 7.41. The Morgan fingerprint density at radius 1 is 1.41 bits per heavy atom. The molecule has 17 heavy (non-hydrogen) atoms. The number of aliphatic hydroxyl groups is 1. The van der Waals surface area contributed by atoms with Crippen LogP contribution in [0, 0.1) is 5.92 Å². The van der Waals surface area contributed by atoms with E-state index in [4.69, 9.17) is 9.47 Å². The van der Waals surface area contributed by atoms with Crippen molar-refractivity contribution >= 4 is 11.8 Å². The van der Waals surface area contributed by atoms with Crippen LogP contribution in [-0.2, 0) is 19.1 Å². The van der Waals surface area contributed by atoms with Crippen molar-refractivity contribution in [2.45, 2.75) is 33.5 Å². The molecular weight excluding hydrogens is 224 g/mol. The number of carbonyl (C=O) groups is 2. The number of ketones is 1. The summed E-state index contributed by atoms with van der Waals surface area (Å²) in [5.41, 5.74) is 0.355. The lowest BCUT2D eigenvalue weighted by Gasteiger charge is -2.13. The molecule has 1 N–H and O–H groups in total. The van der Waals surface area contributed by atoms with Crippen LogP contribution in [0.25, 0.3) is 0 Å². The van der Waals surface area contributed by atoms with Gasteiger partial charge in [0, 0.05) is 0 Å². The monoisotopic (exact) mass is 244 g/mol. The SMILES string of the molecule is C=C(C)C(=O)COC(O)COC(=O)C(C)CC. The lowest BCUT2D eigenvalue weighted by atomic mass is 10.1. The Bertz CT molecular complexity index is 285. The fourth-order valence-corrected chi connectivity index (χ4v) is 0.806. The molecule has 2 unspecified atom stereocenters. The lowest BCUT2D eigenvalue weighted by molar-refractivity contribution is -0.170. The van der Waals surface area contributed by atoms with Crippen molar-refractivity contribution in [3.8, 4) is 0 Å². The average molecular weight is 244 g/mol. The molecule has 0 rings (SSSR count). The smallest absolute Gasteiger partial charge is 0.308 e. The van der Waals surface area contributed by atoms with Gasteiger partial charge in [-0.15, -0.1) is 0 Å². The normalized spacial score (nSPS) is 13.9. The second-order valence-corrected chi connectivity index (χ2v) is 3.91. The molecule has 0 bridgehead atoms. The van der Waals surface area contributed by atoms with Crippen molar-refractivity contribution in [3.05, 3.63) is 12.2 Å². The van der Waals surface area contributed by atoms with Gasteiger partial charge in [-0.05, 0) is 18.9 Å². The van der Waals surface area contributed by atoms with Gasteiger partial charge in [0.1, 0.15) is 13.2 Å². The van der Waals surface area contributed by atoms with Crippen LogP contribution in [0.5, 0.6) is 0 Å². The zero-order chi connectivity index (χ0) is 13.4. The Hall–Kier alpha value is -1.20. The van der Waals surface area contributed by atoms with E-state index < -0.39 is 6.29 Å². The number of hydrogen-bond donors (Lipinski definition) is 1. The first-order chi connectivity index (χ1) is 7.88. The van der Waals surface area contributed by atoms with Crippen molar-refractivity contribution in [2.75, 3.05) is 13.2 Å². The van der Waals surface area contributed by atoms with Gasteiger partial charge in [-0.1, -0.05) is 20.4 Å². The minimum Gasteiger partial charge on any atom is -0.460 e. The van der Waals surface area contributed by atoms with Crippen LogP contribution >= 0.6 is 0 Å². The van der Waals surface area contributed by atoms with Crippen molar-refractivity contribution < 1.29 is 24.2 Å². The Balaban J connectivity index is 3.80. The zero-order valence-electron chi connectivity index (χ0n) is 10.6. The van der Waals surface area contributed by atoms with E-state index in [1.165, 1.54) is 0 Å². The van der Waals surface area contributed by atoms with Crippen LogP contribution in [0.3, 0.4) is 0 Å². The Labute approximate surface area is 101 Å². The predicted octanol–water partition coefficient (Wildman–Crippen LogP) is 1.06. The minimum atomic E-state index is -1.29. The van der Waals surface area contributed by atoms with Gasteiger partial charge in [-0.25, -0.2) is 0 Å². The molecular formula is C12H20O5. The summed E-state index contributed by atoms with van der Waals surface area (Å²) in [6.45, 7) is 8.07. The number of aliphatic hydroxyl groups excluding tert-OH is 1. The first-order valence-electron chi connectivity index (χ1n) is 5.53. The highest BCUT2D eigenvalue weighted by atomic mass is 16.6. The highest BCUT2D eigenvalue weighted by molar-refractivity contribution is 5.95. The van der Waals surface area contributed by atoms with Crippen molar-refractivity contribution in [1.29, 1.82) is 0 Å². The van der Waals surface area contributed by atoms with Crippen molar-refractivity contribution in [1.82, 2.24) is 0 Å². The van der Waals surface area contributed by atoms with Gasteiger partial charge in [-0.3, -0.25) is 9.59 Å². The molecule has 0 aromatic rings. The average Bonchev–Trinajstić information content (AvgIpc) is 2.31. The molecule has 0 aromatic carbocycles. The van der Waals surface area contributed by atoms with Crippen molar-refractivity contribution in [3.63, 3.8) is 0 Å². The molecule has 0 radical (unpaired) electrons. The van der Waals surface area contributed by atoms with Crippen LogP contribution in [0.15, 0.2) is 12.2 Å². The largest absolute Gasteiger partial charge is 0.460 e. The lowest BCUT2D eigenvalue weighted by Crippen LogP contribution is -2.26. The molecule has 0 fully saturated rings. The fourth-order valence-electron chi connectivity index (χ4n) is 0.806. The summed E-state index contributed by atoms with van der Waals surface area (Å²) in [6, 6.07) is 0. The van der Waals surface area contributed by atoms with E-state index in [1.807, 2.05) is 6.92 Å². The number of esters is 1.